The number of rotatable bonds is 9. The zero-order valence-electron chi connectivity index (χ0n) is 13.0. The number of hydrogen-bond donors (Lipinski definition) is 1. The molecule has 0 heterocycles. The average Bonchev–Trinajstić information content (AvgIpc) is 3.09. The van der Waals surface area contributed by atoms with E-state index in [-0.39, 0.29) is 5.97 Å². The molecule has 1 atom stereocenters. The summed E-state index contributed by atoms with van der Waals surface area (Å²) in [6.07, 6.45) is 10.8. The molecule has 4 heteroatoms. The topological polar surface area (TPSA) is 47.6 Å². The molecule has 0 radical (unpaired) electrons. The summed E-state index contributed by atoms with van der Waals surface area (Å²) >= 11 is 0. The highest BCUT2D eigenvalue weighted by Gasteiger charge is 2.38. The second-order valence-corrected chi connectivity index (χ2v) is 6.48. The van der Waals surface area contributed by atoms with Crippen molar-refractivity contribution in [2.45, 2.75) is 82.4 Å². The second kappa shape index (κ2) is 7.41. The first kappa shape index (κ1) is 15.8. The molecule has 0 aromatic carbocycles. The van der Waals surface area contributed by atoms with E-state index in [1.54, 1.807) is 0 Å². The van der Waals surface area contributed by atoms with Crippen LogP contribution in [0.3, 0.4) is 0 Å². The summed E-state index contributed by atoms with van der Waals surface area (Å²) in [5.41, 5.74) is -0.525. The minimum absolute atomic E-state index is 0.138. The van der Waals surface area contributed by atoms with E-state index < -0.39 is 5.54 Å². The number of unbranched alkanes of at least 4 members (excludes halogenated alkanes) is 1. The van der Waals surface area contributed by atoms with Crippen LogP contribution in [-0.4, -0.2) is 37.4 Å². The normalized spacial score (nSPS) is 22.7. The Labute approximate surface area is 122 Å². The quantitative estimate of drug-likeness (QED) is 0.522. The Morgan fingerprint density at radius 2 is 1.90 bits per heavy atom. The molecule has 4 nitrogen and oxygen atoms in total. The van der Waals surface area contributed by atoms with Gasteiger partial charge in [0, 0.05) is 12.6 Å². The standard InChI is InChI=1S/C16H29NO3/c1-16(15(18)19-2,17-13-9-10-13)11-5-6-12-20-14-7-3-4-8-14/h13-14,17H,3-12H2,1-2H3. The van der Waals surface area contributed by atoms with Gasteiger partial charge in [-0.3, -0.25) is 10.1 Å². The largest absolute Gasteiger partial charge is 0.468 e. The van der Waals surface area contributed by atoms with Crippen LogP contribution in [0.2, 0.25) is 0 Å². The van der Waals surface area contributed by atoms with Gasteiger partial charge in [0.2, 0.25) is 0 Å². The number of nitrogens with one attached hydrogen (secondary N) is 1. The zero-order valence-corrected chi connectivity index (χ0v) is 13.0. The highest BCUT2D eigenvalue weighted by atomic mass is 16.5. The molecule has 0 aliphatic heterocycles. The third kappa shape index (κ3) is 4.74. The van der Waals surface area contributed by atoms with Crippen molar-refractivity contribution in [3.05, 3.63) is 0 Å². The molecule has 2 aliphatic rings. The molecule has 0 bridgehead atoms. The molecule has 2 fully saturated rings. The first-order chi connectivity index (χ1) is 9.64. The van der Waals surface area contributed by atoms with Crippen LogP contribution in [0.15, 0.2) is 0 Å². The first-order valence-corrected chi connectivity index (χ1v) is 8.12. The van der Waals surface area contributed by atoms with Crippen molar-refractivity contribution >= 4 is 5.97 Å². The summed E-state index contributed by atoms with van der Waals surface area (Å²) in [6, 6.07) is 0.508. The van der Waals surface area contributed by atoms with Gasteiger partial charge >= 0.3 is 5.97 Å². The monoisotopic (exact) mass is 283 g/mol. The number of carbonyl (C=O) groups is 1. The molecule has 20 heavy (non-hydrogen) atoms. The lowest BCUT2D eigenvalue weighted by Crippen LogP contribution is -2.51. The maximum atomic E-state index is 12.0. The molecular weight excluding hydrogens is 254 g/mol. The molecule has 2 saturated carbocycles. The lowest BCUT2D eigenvalue weighted by atomic mass is 9.94. The number of carbonyl (C=O) groups excluding carboxylic acids is 1. The number of ether oxygens (including phenoxy) is 2. The molecule has 1 N–H and O–H groups in total. The van der Waals surface area contributed by atoms with Crippen LogP contribution in [0.25, 0.3) is 0 Å². The van der Waals surface area contributed by atoms with Crippen molar-refractivity contribution in [1.82, 2.24) is 5.32 Å². The Morgan fingerprint density at radius 3 is 2.50 bits per heavy atom. The molecule has 1 unspecified atom stereocenters. The zero-order chi connectivity index (χ0) is 14.4. The Bertz CT molecular complexity index is 311. The Kier molecular flexibility index (Phi) is 5.85. The molecule has 0 aromatic rings. The van der Waals surface area contributed by atoms with E-state index in [2.05, 4.69) is 5.32 Å². The molecule has 0 aromatic heterocycles. The van der Waals surface area contributed by atoms with E-state index in [0.29, 0.717) is 12.1 Å². The summed E-state index contributed by atoms with van der Waals surface area (Å²) in [6.45, 7) is 2.79. The number of methoxy groups -OCH3 is 1. The van der Waals surface area contributed by atoms with Crippen molar-refractivity contribution in [2.75, 3.05) is 13.7 Å². The van der Waals surface area contributed by atoms with Gasteiger partial charge in [-0.1, -0.05) is 12.8 Å². The smallest absolute Gasteiger partial charge is 0.325 e. The predicted molar refractivity (Wildman–Crippen MR) is 78.6 cm³/mol. The number of hydrogen-bond acceptors (Lipinski definition) is 4. The molecule has 2 aliphatic carbocycles. The second-order valence-electron chi connectivity index (χ2n) is 6.48. The Hall–Kier alpha value is -0.610. The fourth-order valence-electron chi connectivity index (χ4n) is 3.02. The Balaban J connectivity index is 1.64. The lowest BCUT2D eigenvalue weighted by Gasteiger charge is -2.28. The highest BCUT2D eigenvalue weighted by molar-refractivity contribution is 5.80. The van der Waals surface area contributed by atoms with Gasteiger partial charge in [-0.25, -0.2) is 0 Å². The summed E-state index contributed by atoms with van der Waals surface area (Å²) in [5.74, 6) is -0.138. The Morgan fingerprint density at radius 1 is 1.20 bits per heavy atom. The van der Waals surface area contributed by atoms with Crippen LogP contribution in [0.1, 0.15) is 64.7 Å². The van der Waals surface area contributed by atoms with E-state index >= 15 is 0 Å². The van der Waals surface area contributed by atoms with E-state index in [1.807, 2.05) is 6.92 Å². The summed E-state index contributed by atoms with van der Waals surface area (Å²) < 4.78 is 10.8. The molecule has 0 spiro atoms. The molecular formula is C16H29NO3. The highest BCUT2D eigenvalue weighted by Crippen LogP contribution is 2.26. The predicted octanol–water partition coefficient (Wildman–Crippen LogP) is 2.80. The minimum atomic E-state index is -0.525. The first-order valence-electron chi connectivity index (χ1n) is 8.12. The maximum Gasteiger partial charge on any atom is 0.325 e. The summed E-state index contributed by atoms with van der Waals surface area (Å²) in [4.78, 5) is 12.0. The van der Waals surface area contributed by atoms with Crippen molar-refractivity contribution < 1.29 is 14.3 Å². The van der Waals surface area contributed by atoms with E-state index in [9.17, 15) is 4.79 Å². The van der Waals surface area contributed by atoms with Gasteiger partial charge in [-0.2, -0.15) is 0 Å². The van der Waals surface area contributed by atoms with Crippen LogP contribution in [0.4, 0.5) is 0 Å². The fraction of sp³-hybridized carbons (Fsp3) is 0.938. The van der Waals surface area contributed by atoms with Gasteiger partial charge in [-0.05, 0) is 51.9 Å². The molecule has 2 rings (SSSR count). The summed E-state index contributed by atoms with van der Waals surface area (Å²) in [7, 11) is 1.47. The van der Waals surface area contributed by atoms with Gasteiger partial charge in [0.25, 0.3) is 0 Å². The minimum Gasteiger partial charge on any atom is -0.468 e. The van der Waals surface area contributed by atoms with Crippen LogP contribution in [-0.2, 0) is 14.3 Å². The van der Waals surface area contributed by atoms with Crippen molar-refractivity contribution in [2.24, 2.45) is 0 Å². The van der Waals surface area contributed by atoms with Crippen LogP contribution < -0.4 is 5.32 Å². The van der Waals surface area contributed by atoms with Crippen LogP contribution in [0.5, 0.6) is 0 Å². The van der Waals surface area contributed by atoms with E-state index in [4.69, 9.17) is 9.47 Å². The SMILES string of the molecule is COC(=O)C(C)(CCCCOC1CCCC1)NC1CC1. The molecule has 0 amide bonds. The lowest BCUT2D eigenvalue weighted by molar-refractivity contribution is -0.148. The van der Waals surface area contributed by atoms with Crippen molar-refractivity contribution in [3.8, 4) is 0 Å². The van der Waals surface area contributed by atoms with Gasteiger partial charge in [0.05, 0.1) is 13.2 Å². The van der Waals surface area contributed by atoms with Crippen molar-refractivity contribution in [1.29, 1.82) is 0 Å². The van der Waals surface area contributed by atoms with Crippen LogP contribution >= 0.6 is 0 Å². The fourth-order valence-corrected chi connectivity index (χ4v) is 3.02. The number of esters is 1. The third-order valence-corrected chi connectivity index (χ3v) is 4.46. The van der Waals surface area contributed by atoms with Gasteiger partial charge in [-0.15, -0.1) is 0 Å². The van der Waals surface area contributed by atoms with Gasteiger partial charge < -0.3 is 9.47 Å². The molecule has 0 saturated heterocycles. The maximum absolute atomic E-state index is 12.0. The van der Waals surface area contributed by atoms with Gasteiger partial charge in [0.1, 0.15) is 5.54 Å². The summed E-state index contributed by atoms with van der Waals surface area (Å²) in [5, 5.41) is 3.43. The van der Waals surface area contributed by atoms with E-state index in [1.165, 1.54) is 45.6 Å². The third-order valence-electron chi connectivity index (χ3n) is 4.46. The van der Waals surface area contributed by atoms with E-state index in [0.717, 1.165) is 25.9 Å². The molecule has 116 valence electrons. The average molecular weight is 283 g/mol. The van der Waals surface area contributed by atoms with Gasteiger partial charge in [0.15, 0.2) is 0 Å². The van der Waals surface area contributed by atoms with Crippen LogP contribution in [0, 0.1) is 0 Å². The van der Waals surface area contributed by atoms with Crippen molar-refractivity contribution in [3.63, 3.8) is 0 Å².